The molecular formula is C16H32N2. The zero-order valence-corrected chi connectivity index (χ0v) is 12.6. The van der Waals surface area contributed by atoms with Crippen molar-refractivity contribution < 1.29 is 0 Å². The third-order valence-electron chi connectivity index (χ3n) is 5.86. The summed E-state index contributed by atoms with van der Waals surface area (Å²) in [6.07, 6.45) is 8.19. The molecule has 1 saturated carbocycles. The van der Waals surface area contributed by atoms with Crippen LogP contribution in [0.25, 0.3) is 0 Å². The summed E-state index contributed by atoms with van der Waals surface area (Å²) >= 11 is 0. The van der Waals surface area contributed by atoms with Crippen LogP contribution in [-0.4, -0.2) is 30.1 Å². The largest absolute Gasteiger partial charge is 0.329 e. The molecule has 0 aromatic heterocycles. The molecule has 2 nitrogen and oxygen atoms in total. The van der Waals surface area contributed by atoms with Crippen molar-refractivity contribution in [3.8, 4) is 0 Å². The number of hydrogen-bond donors (Lipinski definition) is 1. The standard InChI is InChI=1S/C16H32N2/c1-4-13(3)9-16(5-2,12-17)18-10-14-7-6-8-15(14)11-18/h13-15H,4-12,17H2,1-3H3. The van der Waals surface area contributed by atoms with Crippen molar-refractivity contribution in [2.24, 2.45) is 23.5 Å². The molecule has 0 amide bonds. The zero-order chi connectivity index (χ0) is 13.2. The molecule has 1 heterocycles. The Labute approximate surface area is 113 Å². The fourth-order valence-electron chi connectivity index (χ4n) is 4.27. The van der Waals surface area contributed by atoms with Gasteiger partial charge in [0.1, 0.15) is 0 Å². The van der Waals surface area contributed by atoms with Crippen LogP contribution in [0.1, 0.15) is 59.3 Å². The maximum Gasteiger partial charge on any atom is 0.0331 e. The first-order valence-corrected chi connectivity index (χ1v) is 8.10. The van der Waals surface area contributed by atoms with E-state index >= 15 is 0 Å². The first-order valence-electron chi connectivity index (χ1n) is 8.10. The molecule has 4 unspecified atom stereocenters. The molecule has 1 aliphatic heterocycles. The number of likely N-dealkylation sites (tertiary alicyclic amines) is 1. The van der Waals surface area contributed by atoms with Gasteiger partial charge in [0.05, 0.1) is 0 Å². The first-order chi connectivity index (χ1) is 8.65. The average molecular weight is 252 g/mol. The Kier molecular flexibility index (Phi) is 4.71. The topological polar surface area (TPSA) is 29.3 Å². The Morgan fingerprint density at radius 1 is 1.22 bits per heavy atom. The number of hydrogen-bond acceptors (Lipinski definition) is 2. The summed E-state index contributed by atoms with van der Waals surface area (Å²) < 4.78 is 0. The van der Waals surface area contributed by atoms with E-state index in [4.69, 9.17) is 5.73 Å². The van der Waals surface area contributed by atoms with Crippen LogP contribution in [0.15, 0.2) is 0 Å². The van der Waals surface area contributed by atoms with E-state index in [0.717, 1.165) is 24.3 Å². The summed E-state index contributed by atoms with van der Waals surface area (Å²) in [6.45, 7) is 10.5. The van der Waals surface area contributed by atoms with Gasteiger partial charge >= 0.3 is 0 Å². The summed E-state index contributed by atoms with van der Waals surface area (Å²) in [5.74, 6) is 2.77. The van der Waals surface area contributed by atoms with E-state index in [0.29, 0.717) is 5.54 Å². The highest BCUT2D eigenvalue weighted by Gasteiger charge is 2.44. The zero-order valence-electron chi connectivity index (χ0n) is 12.6. The van der Waals surface area contributed by atoms with Gasteiger partial charge in [-0.25, -0.2) is 0 Å². The maximum atomic E-state index is 6.21. The lowest BCUT2D eigenvalue weighted by Crippen LogP contribution is -2.53. The van der Waals surface area contributed by atoms with Gasteiger partial charge in [-0.15, -0.1) is 0 Å². The Bertz CT molecular complexity index is 248. The van der Waals surface area contributed by atoms with Crippen LogP contribution in [-0.2, 0) is 0 Å². The van der Waals surface area contributed by atoms with Crippen molar-refractivity contribution in [3.63, 3.8) is 0 Å². The number of nitrogens with two attached hydrogens (primary N) is 1. The fourth-order valence-corrected chi connectivity index (χ4v) is 4.27. The highest BCUT2D eigenvalue weighted by atomic mass is 15.2. The predicted molar refractivity (Wildman–Crippen MR) is 78.6 cm³/mol. The van der Waals surface area contributed by atoms with Crippen molar-refractivity contribution in [2.75, 3.05) is 19.6 Å². The SMILES string of the molecule is CCC(C)CC(CC)(CN)N1CC2CCCC2C1. The van der Waals surface area contributed by atoms with Gasteiger partial charge in [-0.1, -0.05) is 33.6 Å². The van der Waals surface area contributed by atoms with E-state index in [9.17, 15) is 0 Å². The van der Waals surface area contributed by atoms with Gasteiger partial charge < -0.3 is 5.73 Å². The van der Waals surface area contributed by atoms with Crippen LogP contribution < -0.4 is 5.73 Å². The normalized spacial score (nSPS) is 33.3. The van der Waals surface area contributed by atoms with Crippen LogP contribution in [0.4, 0.5) is 0 Å². The van der Waals surface area contributed by atoms with Crippen LogP contribution >= 0.6 is 0 Å². The number of nitrogens with zero attached hydrogens (tertiary/aromatic N) is 1. The molecule has 18 heavy (non-hydrogen) atoms. The second-order valence-electron chi connectivity index (χ2n) is 6.86. The van der Waals surface area contributed by atoms with Crippen molar-refractivity contribution in [2.45, 2.75) is 64.8 Å². The van der Waals surface area contributed by atoms with E-state index < -0.39 is 0 Å². The van der Waals surface area contributed by atoms with E-state index in [1.807, 2.05) is 0 Å². The van der Waals surface area contributed by atoms with Crippen LogP contribution in [0.3, 0.4) is 0 Å². The van der Waals surface area contributed by atoms with Crippen molar-refractivity contribution >= 4 is 0 Å². The van der Waals surface area contributed by atoms with Gasteiger partial charge in [0, 0.05) is 25.2 Å². The van der Waals surface area contributed by atoms with Crippen LogP contribution in [0.2, 0.25) is 0 Å². The highest BCUT2D eigenvalue weighted by molar-refractivity contribution is 4.99. The summed E-state index contributed by atoms with van der Waals surface area (Å²) in [6, 6.07) is 0. The lowest BCUT2D eigenvalue weighted by molar-refractivity contribution is 0.0820. The van der Waals surface area contributed by atoms with Gasteiger partial charge in [0.2, 0.25) is 0 Å². The molecule has 0 aromatic rings. The Hall–Kier alpha value is -0.0800. The van der Waals surface area contributed by atoms with Crippen LogP contribution in [0, 0.1) is 17.8 Å². The summed E-state index contributed by atoms with van der Waals surface area (Å²) in [4.78, 5) is 2.77. The van der Waals surface area contributed by atoms with Gasteiger partial charge in [-0.05, 0) is 43.4 Å². The third kappa shape index (κ3) is 2.60. The van der Waals surface area contributed by atoms with E-state index in [1.165, 1.54) is 51.6 Å². The first kappa shape index (κ1) is 14.3. The Morgan fingerprint density at radius 3 is 2.28 bits per heavy atom. The summed E-state index contributed by atoms with van der Waals surface area (Å²) in [5.41, 5.74) is 6.50. The van der Waals surface area contributed by atoms with Crippen molar-refractivity contribution in [1.82, 2.24) is 4.90 Å². The third-order valence-corrected chi connectivity index (χ3v) is 5.86. The Balaban J connectivity index is 2.05. The number of fused-ring (bicyclic) bond motifs is 1. The maximum absolute atomic E-state index is 6.21. The van der Waals surface area contributed by atoms with E-state index in [1.54, 1.807) is 0 Å². The minimum atomic E-state index is 0.291. The fraction of sp³-hybridized carbons (Fsp3) is 1.00. The molecule has 106 valence electrons. The molecular weight excluding hydrogens is 220 g/mol. The molecule has 2 N–H and O–H groups in total. The molecule has 0 spiro atoms. The number of rotatable bonds is 6. The molecule has 1 aliphatic carbocycles. The molecule has 0 radical (unpaired) electrons. The minimum Gasteiger partial charge on any atom is -0.329 e. The minimum absolute atomic E-state index is 0.291. The monoisotopic (exact) mass is 252 g/mol. The Morgan fingerprint density at radius 2 is 1.83 bits per heavy atom. The molecule has 0 aromatic carbocycles. The molecule has 2 aliphatic rings. The molecule has 4 atom stereocenters. The van der Waals surface area contributed by atoms with E-state index in [-0.39, 0.29) is 0 Å². The average Bonchev–Trinajstić information content (AvgIpc) is 2.96. The van der Waals surface area contributed by atoms with Crippen molar-refractivity contribution in [1.29, 1.82) is 0 Å². The molecule has 2 fully saturated rings. The van der Waals surface area contributed by atoms with Crippen molar-refractivity contribution in [3.05, 3.63) is 0 Å². The van der Waals surface area contributed by atoms with E-state index in [2.05, 4.69) is 25.7 Å². The highest BCUT2D eigenvalue weighted by Crippen LogP contribution is 2.42. The quantitative estimate of drug-likeness (QED) is 0.786. The lowest BCUT2D eigenvalue weighted by atomic mass is 9.83. The molecule has 2 rings (SSSR count). The summed E-state index contributed by atoms with van der Waals surface area (Å²) in [5, 5.41) is 0. The lowest BCUT2D eigenvalue weighted by Gasteiger charge is -2.43. The summed E-state index contributed by atoms with van der Waals surface area (Å²) in [7, 11) is 0. The van der Waals surface area contributed by atoms with Gasteiger partial charge in [-0.2, -0.15) is 0 Å². The second kappa shape index (κ2) is 5.92. The van der Waals surface area contributed by atoms with Gasteiger partial charge in [0.15, 0.2) is 0 Å². The second-order valence-corrected chi connectivity index (χ2v) is 6.86. The molecule has 1 saturated heterocycles. The molecule has 0 bridgehead atoms. The smallest absolute Gasteiger partial charge is 0.0331 e. The molecule has 2 heteroatoms. The van der Waals surface area contributed by atoms with Crippen LogP contribution in [0.5, 0.6) is 0 Å². The van der Waals surface area contributed by atoms with Gasteiger partial charge in [-0.3, -0.25) is 4.90 Å². The van der Waals surface area contributed by atoms with Gasteiger partial charge in [0.25, 0.3) is 0 Å². The predicted octanol–water partition coefficient (Wildman–Crippen LogP) is 3.26.